The molecule has 0 amide bonds. The molecule has 1 unspecified atom stereocenters. The molecule has 5 rings (SSSR count). The van der Waals surface area contributed by atoms with Crippen LogP contribution < -0.4 is 19.3 Å². The number of halogens is 3. The molecular weight excluding hydrogens is 1050 g/mol. The molecule has 3 aromatic rings. The first kappa shape index (κ1) is 65.0. The van der Waals surface area contributed by atoms with Crippen molar-refractivity contribution in [2.24, 2.45) is 4.40 Å². The van der Waals surface area contributed by atoms with Gasteiger partial charge in [0.25, 0.3) is 15.8 Å². The summed E-state index contributed by atoms with van der Waals surface area (Å²) in [5.74, 6) is -3.03. The van der Waals surface area contributed by atoms with E-state index >= 15 is 0 Å². The van der Waals surface area contributed by atoms with Crippen LogP contribution in [0.2, 0.25) is 0 Å². The third-order valence-electron chi connectivity index (χ3n) is 10.0. The van der Waals surface area contributed by atoms with Crippen molar-refractivity contribution in [3.63, 3.8) is 0 Å². The van der Waals surface area contributed by atoms with Gasteiger partial charge in [0.1, 0.15) is 24.4 Å². The highest BCUT2D eigenvalue weighted by atomic mass is 32.2. The lowest BCUT2D eigenvalue weighted by atomic mass is 10.1. The largest absolute Gasteiger partial charge is 0.872 e. The number of carbonyl (C=O) groups is 3. The summed E-state index contributed by atoms with van der Waals surface area (Å²) < 4.78 is 99.8. The molecule has 77 heavy (non-hydrogen) atoms. The van der Waals surface area contributed by atoms with Gasteiger partial charge in [-0.15, -0.1) is 5.75 Å². The molecule has 0 bridgehead atoms. The van der Waals surface area contributed by atoms with E-state index in [0.29, 0.717) is 43.8 Å². The zero-order valence-electron chi connectivity index (χ0n) is 42.3. The number of pyridine rings is 2. The number of aromatic nitrogens is 2. The Morgan fingerprint density at radius 3 is 2.17 bits per heavy atom. The zero-order valence-corrected chi connectivity index (χ0v) is 43.9. The third kappa shape index (κ3) is 25.8. The minimum absolute atomic E-state index is 0.0319. The molecule has 27 heteroatoms. The van der Waals surface area contributed by atoms with E-state index < -0.39 is 73.8 Å². The first-order valence-electron chi connectivity index (χ1n) is 22.9. The number of alkyl halides is 3. The maximum Gasteiger partial charge on any atom is 0.381 e. The number of rotatable bonds is 24. The number of aliphatic hydroxyl groups excluding tert-OH is 1. The number of nitrogens with zero attached hydrogens (tertiary/aromatic N) is 10. The highest BCUT2D eigenvalue weighted by molar-refractivity contribution is 7.93. The second kappa shape index (κ2) is 32.3. The highest BCUT2D eigenvalue weighted by Crippen LogP contribution is 2.21. The minimum Gasteiger partial charge on any atom is -0.872 e. The number of hydrogen-bond donors (Lipinski definition) is 1. The first-order chi connectivity index (χ1) is 36.3. The predicted molar refractivity (Wildman–Crippen MR) is 276 cm³/mol. The SMILES string of the molecule is C=C(C)C(=O)OCC(O)C[n+]1ccc2c([O-])cccc2c1.C=CC([O-])=NS(=O)(=O)CCN1C=CN(CC)C1.C=CN1C=CN(CCS(=O)(=O)[N-]CC(F)(F)F)C1.C=Cc1cc[n+](CCCOC(=O)C(=O)C(=C=[N-])C#N)cc1. The summed E-state index contributed by atoms with van der Waals surface area (Å²) in [6, 6.07) is 11.9. The fraction of sp³-hybridized carbons (Fsp3) is 0.340. The number of fused-ring (bicyclic) bond motifs is 1. The molecule has 2 aromatic heterocycles. The Bertz CT molecular complexity index is 2960. The molecule has 22 nitrogen and oxygen atoms in total. The van der Waals surface area contributed by atoms with Crippen molar-refractivity contribution in [1.82, 2.24) is 19.6 Å². The highest BCUT2D eigenvalue weighted by Gasteiger charge is 2.23. The van der Waals surface area contributed by atoms with Crippen LogP contribution in [-0.4, -0.2) is 148 Å². The molecule has 1 atom stereocenters. The molecule has 2 aliphatic rings. The van der Waals surface area contributed by atoms with Crippen LogP contribution in [0, 0.1) is 11.3 Å². The zero-order chi connectivity index (χ0) is 57.8. The molecule has 4 heterocycles. The predicted octanol–water partition coefficient (Wildman–Crippen LogP) is 2.26. The fourth-order valence-electron chi connectivity index (χ4n) is 5.94. The smallest absolute Gasteiger partial charge is 0.381 e. The second-order valence-corrected chi connectivity index (χ2v) is 19.7. The summed E-state index contributed by atoms with van der Waals surface area (Å²) in [6.07, 6.45) is 13.5. The van der Waals surface area contributed by atoms with Gasteiger partial charge in [-0.1, -0.05) is 50.6 Å². The summed E-state index contributed by atoms with van der Waals surface area (Å²) in [4.78, 5) is 41.0. The van der Waals surface area contributed by atoms with Crippen LogP contribution in [0.5, 0.6) is 5.75 Å². The number of aliphatic hydroxyl groups is 1. The average molecular weight is 1110 g/mol. The summed E-state index contributed by atoms with van der Waals surface area (Å²) in [7, 11) is -7.74. The minimum atomic E-state index is -4.60. The van der Waals surface area contributed by atoms with Crippen molar-refractivity contribution < 1.29 is 78.3 Å². The van der Waals surface area contributed by atoms with Gasteiger partial charge >= 0.3 is 18.1 Å². The number of sulfonamides is 2. The lowest BCUT2D eigenvalue weighted by molar-refractivity contribution is -0.702. The van der Waals surface area contributed by atoms with Gasteiger partial charge in [-0.25, -0.2) is 41.4 Å². The normalized spacial score (nSPS) is 13.3. The first-order valence-corrected chi connectivity index (χ1v) is 26.2. The van der Waals surface area contributed by atoms with Crippen molar-refractivity contribution in [3.8, 4) is 11.8 Å². The van der Waals surface area contributed by atoms with Gasteiger partial charge in [0.05, 0.1) is 41.5 Å². The summed E-state index contributed by atoms with van der Waals surface area (Å²) in [5, 5.41) is 50.7. The van der Waals surface area contributed by atoms with Crippen LogP contribution in [0.1, 0.15) is 25.8 Å². The maximum absolute atomic E-state index is 11.8. The van der Waals surface area contributed by atoms with Crippen LogP contribution in [0.25, 0.3) is 27.0 Å². The fourth-order valence-corrected chi connectivity index (χ4v) is 7.79. The number of Topliss-reactive ketones (excluding diaryl/α,β-unsaturated/α-hetero) is 1. The number of hydrogen-bond acceptors (Lipinski definition) is 17. The van der Waals surface area contributed by atoms with E-state index in [-0.39, 0.29) is 37.8 Å². The van der Waals surface area contributed by atoms with Crippen molar-refractivity contribution in [2.45, 2.75) is 45.6 Å². The van der Waals surface area contributed by atoms with Gasteiger partial charge in [-0.3, -0.25) is 4.79 Å². The van der Waals surface area contributed by atoms with E-state index in [1.807, 2.05) is 64.3 Å². The standard InChI is InChI=1S/C16H17NO4.C15H13N3O3.C10H17N3O3S.C9H13F3N3O2S/c1-11(2)16(20)21-10-13(18)9-17-7-6-14-12(8-17)4-3-5-15(14)19;1-2-12-4-7-18(8-5-12)6-3-9-21-15(20)14(19)13(10-16)11-17;1-3-10(14)11-17(15,16)8-7-13-6-5-12(4-2)9-13;1-2-14-3-4-15(8-14)5-6-18(16,17)13-7-9(10,11)12/h3-8,13,18H,1,9-10H2,2H3;2,4-5,7-8H,1,3,6,9H2;3,5-6H,1,4,7-9H2,2H3,(H,11,14);2-4H,1,5-8H2/q;;;-1/p-1. The topological polar surface area (TPSA) is 298 Å². The van der Waals surface area contributed by atoms with E-state index in [1.165, 1.54) is 18.0 Å². The number of nitriles is 1. The molecule has 1 aromatic carbocycles. The van der Waals surface area contributed by atoms with Gasteiger partial charge in [-0.05, 0) is 43.6 Å². The molecule has 416 valence electrons. The van der Waals surface area contributed by atoms with E-state index in [9.17, 15) is 59.7 Å². The lowest BCUT2D eigenvalue weighted by Crippen LogP contribution is -2.41. The monoisotopic (exact) mass is 1110 g/mol. The molecular formula is C50H59F3N10O12S2-2. The van der Waals surface area contributed by atoms with E-state index in [1.54, 1.807) is 70.5 Å². The maximum atomic E-state index is 11.8. The van der Waals surface area contributed by atoms with Crippen molar-refractivity contribution >= 4 is 66.4 Å². The Kier molecular flexibility index (Phi) is 27.3. The summed E-state index contributed by atoms with van der Waals surface area (Å²) in [6.45, 7) is 18.9. The summed E-state index contributed by atoms with van der Waals surface area (Å²) in [5.41, 5.74) is 0.525. The Morgan fingerprint density at radius 1 is 0.961 bits per heavy atom. The number of ketones is 1. The lowest BCUT2D eigenvalue weighted by Gasteiger charge is -2.24. The molecule has 2 aliphatic heterocycles. The van der Waals surface area contributed by atoms with Gasteiger partial charge in [0.15, 0.2) is 37.9 Å². The average Bonchev–Trinajstić information content (AvgIpc) is 4.08. The van der Waals surface area contributed by atoms with Crippen LogP contribution in [0.3, 0.4) is 0 Å². The van der Waals surface area contributed by atoms with Crippen molar-refractivity contribution in [2.75, 3.05) is 64.2 Å². The Labute approximate surface area is 445 Å². The number of ether oxygens (including phenoxy) is 2. The number of esters is 2. The van der Waals surface area contributed by atoms with Gasteiger partial charge in [0, 0.05) is 85.9 Å². The molecule has 1 N–H and O–H groups in total. The van der Waals surface area contributed by atoms with E-state index in [0.717, 1.165) is 23.6 Å². The molecule has 0 aliphatic carbocycles. The van der Waals surface area contributed by atoms with Crippen LogP contribution in [0.15, 0.2) is 140 Å². The number of benzene rings is 1. The number of carbonyl (C=O) groups excluding carboxylic acids is 3. The Morgan fingerprint density at radius 2 is 1.60 bits per heavy atom. The van der Waals surface area contributed by atoms with Crippen LogP contribution in [0.4, 0.5) is 13.2 Å². The summed E-state index contributed by atoms with van der Waals surface area (Å²) >= 11 is 0. The molecule has 0 fully saturated rings. The van der Waals surface area contributed by atoms with Crippen molar-refractivity contribution in [3.05, 3.63) is 151 Å². The van der Waals surface area contributed by atoms with Gasteiger partial charge < -0.3 is 54.5 Å². The van der Waals surface area contributed by atoms with Gasteiger partial charge in [-0.2, -0.15) is 22.8 Å². The van der Waals surface area contributed by atoms with Crippen molar-refractivity contribution in [1.29, 1.82) is 5.26 Å². The van der Waals surface area contributed by atoms with E-state index in [4.69, 9.17) is 20.1 Å². The third-order valence-corrected chi connectivity index (χ3v) is 12.4. The second-order valence-electron chi connectivity index (χ2n) is 16.1. The van der Waals surface area contributed by atoms with Crippen LogP contribution >= 0.6 is 0 Å². The molecule has 0 saturated carbocycles. The number of aryl methyl sites for hydroxylation is 1. The molecule has 0 saturated heterocycles. The van der Waals surface area contributed by atoms with E-state index in [2.05, 4.69) is 35.4 Å². The van der Waals surface area contributed by atoms with Gasteiger partial charge in [0.2, 0.25) is 0 Å². The molecule has 0 radical (unpaired) electrons. The quantitative estimate of drug-likeness (QED) is 0.0197. The Hall–Kier alpha value is -8.15. The molecule has 0 spiro atoms. The van der Waals surface area contributed by atoms with Crippen LogP contribution in [-0.2, 0) is 57.0 Å². The Balaban J connectivity index is 0.000000353.